The SMILES string of the molecule is CC[NH+](CC)CC.CN1C(=CC=CC=CC2=[N+](C)c3ccc(S(=O)(=O)[O-])cc3C2(C)C)C(C)(CCCCCC(=O)O)c2cc(SOO[O-])ccc21. The number of carboxylic acids is 1. The third-order valence-corrected chi connectivity index (χ3v) is 11.5. The average Bonchev–Trinajstić information content (AvgIpc) is 3.41. The molecule has 13 heteroatoms. The molecule has 0 saturated heterocycles. The number of nitrogens with zero attached hydrogens (tertiary/aromatic N) is 2. The fourth-order valence-corrected chi connectivity index (χ4v) is 7.95. The van der Waals surface area contributed by atoms with Gasteiger partial charge in [-0.3, -0.25) is 9.83 Å². The Labute approximate surface area is 307 Å². The molecule has 0 radical (unpaired) electrons. The number of aliphatic carboxylic acids is 1. The molecule has 0 amide bonds. The molecule has 0 aromatic heterocycles. The fourth-order valence-electron chi connectivity index (χ4n) is 7.06. The Morgan fingerprint density at radius 2 is 1.69 bits per heavy atom. The molecule has 0 saturated carbocycles. The summed E-state index contributed by atoms with van der Waals surface area (Å²) in [6, 6.07) is 10.3. The molecule has 51 heavy (non-hydrogen) atoms. The summed E-state index contributed by atoms with van der Waals surface area (Å²) in [4.78, 5) is 15.3. The predicted octanol–water partition coefficient (Wildman–Crippen LogP) is 5.20. The maximum Gasteiger partial charge on any atom is 0.303 e. The highest BCUT2D eigenvalue weighted by atomic mass is 32.2. The Morgan fingerprint density at radius 1 is 1.00 bits per heavy atom. The minimum absolute atomic E-state index is 0.146. The van der Waals surface area contributed by atoms with Crippen molar-refractivity contribution >= 4 is 45.2 Å². The molecule has 0 aliphatic carbocycles. The smallest absolute Gasteiger partial charge is 0.303 e. The summed E-state index contributed by atoms with van der Waals surface area (Å²) in [6.07, 6.45) is 13.1. The van der Waals surface area contributed by atoms with Gasteiger partial charge in [0, 0.05) is 52.9 Å². The molecule has 0 bridgehead atoms. The molecule has 1 unspecified atom stereocenters. The predicted molar refractivity (Wildman–Crippen MR) is 198 cm³/mol. The standard InChI is InChI=1S/C32H38N2O8S2.C6H15N/c1-31(2)24-21-23(44(38,39)40)16-18-26(24)33(4)28(31)12-8-6-9-13-29-32(3,19-11-7-10-14-30(35)36)25-20-22(43-42-41-37)15-17-27(25)34(29)5;1-4-7(5-2)6-3/h6,8-9,12-13,15-18,20-21H,7,10-11,14,19H2,1-5H3,(H2-,35,36,37,38,39,40);4-6H2,1-3H3. The summed E-state index contributed by atoms with van der Waals surface area (Å²) in [5.41, 5.74) is 4.87. The third kappa shape index (κ3) is 10.2. The van der Waals surface area contributed by atoms with E-state index in [0.29, 0.717) is 6.42 Å². The van der Waals surface area contributed by atoms with Gasteiger partial charge in [0.2, 0.25) is 5.69 Å². The molecule has 2 N–H and O–H groups in total. The van der Waals surface area contributed by atoms with Gasteiger partial charge in [-0.2, -0.15) is 8.91 Å². The minimum Gasteiger partial charge on any atom is -0.744 e. The van der Waals surface area contributed by atoms with Gasteiger partial charge in [0.25, 0.3) is 0 Å². The van der Waals surface area contributed by atoms with Crippen molar-refractivity contribution in [1.29, 1.82) is 0 Å². The van der Waals surface area contributed by atoms with Crippen LogP contribution < -0.4 is 15.1 Å². The Bertz CT molecular complexity index is 1760. The number of rotatable bonds is 16. The molecule has 0 spiro atoms. The van der Waals surface area contributed by atoms with Crippen LogP contribution in [0.3, 0.4) is 0 Å². The summed E-state index contributed by atoms with van der Waals surface area (Å²) < 4.78 is 41.4. The summed E-state index contributed by atoms with van der Waals surface area (Å²) in [5.74, 6) is -0.794. The van der Waals surface area contributed by atoms with E-state index in [4.69, 9.17) is 5.11 Å². The number of fused-ring (bicyclic) bond motifs is 2. The maximum absolute atomic E-state index is 11.6. The molecule has 2 aromatic carbocycles. The van der Waals surface area contributed by atoms with Crippen molar-refractivity contribution in [2.45, 2.75) is 94.3 Å². The number of benzene rings is 2. The molecule has 2 aliphatic rings. The molecular formula is C38H53N3O8S2. The first-order valence-electron chi connectivity index (χ1n) is 17.4. The van der Waals surface area contributed by atoms with Crippen LogP contribution in [-0.4, -0.2) is 68.1 Å². The van der Waals surface area contributed by atoms with E-state index in [0.717, 1.165) is 70.1 Å². The zero-order chi connectivity index (χ0) is 38.0. The zero-order valence-corrected chi connectivity index (χ0v) is 32.7. The lowest BCUT2D eigenvalue weighted by Crippen LogP contribution is -3.11. The molecular weight excluding hydrogens is 691 g/mol. The first-order chi connectivity index (χ1) is 24.1. The van der Waals surface area contributed by atoms with Crippen molar-refractivity contribution in [3.63, 3.8) is 0 Å². The number of carbonyl (C=O) groups is 1. The van der Waals surface area contributed by atoms with Gasteiger partial charge in [-0.25, -0.2) is 8.42 Å². The van der Waals surface area contributed by atoms with Crippen LogP contribution in [0.1, 0.15) is 84.8 Å². The van der Waals surface area contributed by atoms with E-state index >= 15 is 0 Å². The van der Waals surface area contributed by atoms with Gasteiger partial charge in [-0.1, -0.05) is 31.1 Å². The molecule has 0 fully saturated rings. The summed E-state index contributed by atoms with van der Waals surface area (Å²) in [6.45, 7) is 16.6. The second-order valence-electron chi connectivity index (χ2n) is 13.6. The number of allylic oxidation sites excluding steroid dienone is 6. The van der Waals surface area contributed by atoms with Gasteiger partial charge in [-0.15, -0.1) is 0 Å². The Balaban J connectivity index is 0.000000908. The van der Waals surface area contributed by atoms with Crippen molar-refractivity contribution < 1.29 is 47.0 Å². The number of nitrogens with one attached hydrogen (secondary N) is 1. The van der Waals surface area contributed by atoms with Crippen LogP contribution in [0.25, 0.3) is 0 Å². The largest absolute Gasteiger partial charge is 0.744 e. The zero-order valence-electron chi connectivity index (χ0n) is 31.0. The van der Waals surface area contributed by atoms with Crippen molar-refractivity contribution in [1.82, 2.24) is 0 Å². The fraction of sp³-hybridized carbons (Fsp3) is 0.474. The normalized spacial score (nSPS) is 19.0. The lowest BCUT2D eigenvalue weighted by atomic mass is 9.77. The number of quaternary nitrogens is 1. The van der Waals surface area contributed by atoms with Gasteiger partial charge < -0.3 is 24.7 Å². The van der Waals surface area contributed by atoms with Crippen LogP contribution >= 0.6 is 12.0 Å². The number of hydrogen-bond acceptors (Lipinski definition) is 9. The van der Waals surface area contributed by atoms with Crippen LogP contribution in [-0.2, 0) is 35.1 Å². The van der Waals surface area contributed by atoms with Crippen LogP contribution in [0.5, 0.6) is 0 Å². The number of hydrogen-bond donors (Lipinski definition) is 2. The summed E-state index contributed by atoms with van der Waals surface area (Å²) >= 11 is 0.846. The maximum atomic E-state index is 11.6. The summed E-state index contributed by atoms with van der Waals surface area (Å²) in [5, 5.41) is 22.9. The molecule has 11 nitrogen and oxygen atoms in total. The monoisotopic (exact) mass is 743 g/mol. The number of unbranched alkanes of at least 4 members (excludes halogenated alkanes) is 2. The van der Waals surface area contributed by atoms with Crippen molar-refractivity contribution in [3.05, 3.63) is 83.6 Å². The number of likely N-dealkylation sites (N-methyl/N-ethyl adjacent to an activating group) is 1. The minimum atomic E-state index is -4.56. The van der Waals surface area contributed by atoms with Gasteiger partial charge in [0.1, 0.15) is 17.2 Å². The highest BCUT2D eigenvalue weighted by Crippen LogP contribution is 2.51. The van der Waals surface area contributed by atoms with E-state index in [-0.39, 0.29) is 16.7 Å². The van der Waals surface area contributed by atoms with Gasteiger partial charge >= 0.3 is 5.97 Å². The van der Waals surface area contributed by atoms with E-state index in [9.17, 15) is 23.0 Å². The van der Waals surface area contributed by atoms with Gasteiger partial charge in [0.15, 0.2) is 5.71 Å². The van der Waals surface area contributed by atoms with E-state index in [1.54, 1.807) is 11.0 Å². The van der Waals surface area contributed by atoms with Crippen LogP contribution in [0.2, 0.25) is 0 Å². The molecule has 2 heterocycles. The van der Waals surface area contributed by atoms with Crippen LogP contribution in [0.15, 0.2) is 82.3 Å². The van der Waals surface area contributed by atoms with Crippen LogP contribution in [0.4, 0.5) is 11.4 Å². The first-order valence-corrected chi connectivity index (χ1v) is 19.6. The highest BCUT2D eigenvalue weighted by molar-refractivity contribution is 7.94. The second kappa shape index (κ2) is 18.5. The molecule has 4 rings (SSSR count). The quantitative estimate of drug-likeness (QED) is 0.0448. The third-order valence-electron chi connectivity index (χ3n) is 10.1. The number of anilines is 1. The molecule has 280 valence electrons. The highest BCUT2D eigenvalue weighted by Gasteiger charge is 2.44. The average molecular weight is 744 g/mol. The van der Waals surface area contributed by atoms with E-state index in [1.807, 2.05) is 75.0 Å². The molecule has 2 aromatic rings. The van der Waals surface area contributed by atoms with E-state index < -0.39 is 21.5 Å². The van der Waals surface area contributed by atoms with Crippen molar-refractivity contribution in [2.24, 2.45) is 0 Å². The van der Waals surface area contributed by atoms with Gasteiger partial charge in [-0.05, 0) is 96.4 Å². The Kier molecular flexibility index (Phi) is 15.2. The van der Waals surface area contributed by atoms with E-state index in [2.05, 4.69) is 48.0 Å². The summed E-state index contributed by atoms with van der Waals surface area (Å²) in [7, 11) is -0.640. The second-order valence-corrected chi connectivity index (χ2v) is 15.7. The van der Waals surface area contributed by atoms with Crippen LogP contribution in [0, 0.1) is 0 Å². The van der Waals surface area contributed by atoms with Crippen molar-refractivity contribution in [3.8, 4) is 0 Å². The number of carboxylic acid groups (broad SMARTS) is 1. The molecule has 1 atom stereocenters. The van der Waals surface area contributed by atoms with E-state index in [1.165, 1.54) is 31.8 Å². The first kappa shape index (κ1) is 42.1. The lowest BCUT2D eigenvalue weighted by molar-refractivity contribution is -0.894. The van der Waals surface area contributed by atoms with Crippen molar-refractivity contribution in [2.75, 3.05) is 38.6 Å². The Hall–Kier alpha value is -3.30. The lowest BCUT2D eigenvalue weighted by Gasteiger charge is -2.29. The molecule has 2 aliphatic heterocycles. The van der Waals surface area contributed by atoms with Gasteiger partial charge in [0.05, 0.1) is 42.0 Å². The Morgan fingerprint density at radius 3 is 2.27 bits per heavy atom. The topological polar surface area (TPSA) is 147 Å².